The molecule has 2 atom stereocenters. The molecular formula is C62H105NO8. The Morgan fingerprint density at radius 3 is 1.21 bits per heavy atom. The van der Waals surface area contributed by atoms with Crippen LogP contribution in [0.25, 0.3) is 0 Å². The second kappa shape index (κ2) is 52.5. The van der Waals surface area contributed by atoms with Gasteiger partial charge in [0.15, 0.2) is 12.4 Å². The van der Waals surface area contributed by atoms with E-state index in [2.05, 4.69) is 111 Å². The zero-order valence-electron chi connectivity index (χ0n) is 46.1. The van der Waals surface area contributed by atoms with E-state index in [9.17, 15) is 19.5 Å². The number of aliphatic carboxylic acids is 1. The number of quaternary nitrogens is 1. The number of carbonyl (C=O) groups excluding carboxylic acids is 3. The first-order valence-electron chi connectivity index (χ1n) is 28.4. The standard InChI is InChI=1S/C62H105NO8/c1-6-8-10-12-14-16-18-20-22-24-26-27-28-29-30-31-32-33-35-37-39-41-43-45-47-49-51-53-60(65)71-58(57-70-62(61(66)67)68-55-54-63(3,4)5)56-69-59(64)52-50-48-46-44-42-40-38-36-34-25-23-21-19-17-15-13-11-9-7-2/h8,10,14,16,20-23,26-27,29-30,32-33,37,39,58,62H,6-7,9,11-13,15,17-19,24-25,28,31,34-36,38,40-57H2,1-5H3/b10-8-,16-14-,22-20-,23-21-,27-26-,30-29-,33-32-,39-37-. The topological polar surface area (TPSA) is 111 Å². The second-order valence-electron chi connectivity index (χ2n) is 19.8. The smallest absolute Gasteiger partial charge is 0.306 e. The molecule has 0 aliphatic heterocycles. The Hall–Kier alpha value is -3.79. The molecule has 0 saturated carbocycles. The summed E-state index contributed by atoms with van der Waals surface area (Å²) >= 11 is 0. The molecule has 0 aliphatic rings. The minimum atomic E-state index is -1.63. The third kappa shape index (κ3) is 53.8. The van der Waals surface area contributed by atoms with E-state index < -0.39 is 24.3 Å². The van der Waals surface area contributed by atoms with Crippen LogP contribution in [0, 0.1) is 0 Å². The summed E-state index contributed by atoms with van der Waals surface area (Å²) in [6.07, 6.45) is 67.3. The lowest BCUT2D eigenvalue weighted by Gasteiger charge is -2.26. The average Bonchev–Trinajstić information content (AvgIpc) is 3.34. The molecule has 0 N–H and O–H groups in total. The Balaban J connectivity index is 4.35. The first-order valence-corrected chi connectivity index (χ1v) is 28.4. The van der Waals surface area contributed by atoms with Crippen LogP contribution in [0.1, 0.15) is 219 Å². The largest absolute Gasteiger partial charge is 0.545 e. The van der Waals surface area contributed by atoms with Crippen molar-refractivity contribution in [3.8, 4) is 0 Å². The van der Waals surface area contributed by atoms with Crippen molar-refractivity contribution < 1.29 is 42.9 Å². The maximum Gasteiger partial charge on any atom is 0.306 e. The first kappa shape index (κ1) is 67.2. The lowest BCUT2D eigenvalue weighted by Crippen LogP contribution is -2.44. The number of unbranched alkanes of at least 4 members (excludes halogenated alkanes) is 20. The number of hydrogen-bond acceptors (Lipinski definition) is 8. The predicted molar refractivity (Wildman–Crippen MR) is 297 cm³/mol. The number of carboxylic acids is 1. The molecule has 0 aliphatic carbocycles. The Morgan fingerprint density at radius 1 is 0.437 bits per heavy atom. The summed E-state index contributed by atoms with van der Waals surface area (Å²) in [7, 11) is 5.91. The minimum absolute atomic E-state index is 0.138. The molecule has 9 nitrogen and oxygen atoms in total. The van der Waals surface area contributed by atoms with Gasteiger partial charge in [-0.3, -0.25) is 9.59 Å². The van der Waals surface area contributed by atoms with E-state index in [0.29, 0.717) is 17.4 Å². The quantitative estimate of drug-likeness (QED) is 0.0195. The zero-order chi connectivity index (χ0) is 52.0. The molecule has 0 heterocycles. The summed E-state index contributed by atoms with van der Waals surface area (Å²) in [5, 5.41) is 11.8. The predicted octanol–water partition coefficient (Wildman–Crippen LogP) is 15.2. The van der Waals surface area contributed by atoms with Crippen LogP contribution < -0.4 is 5.11 Å². The van der Waals surface area contributed by atoms with E-state index in [1.54, 1.807) is 0 Å². The summed E-state index contributed by atoms with van der Waals surface area (Å²) in [6.45, 7) is 4.60. The number of likely N-dealkylation sites (N-methyl/N-ethyl adjacent to an activating group) is 1. The Labute approximate surface area is 435 Å². The van der Waals surface area contributed by atoms with Gasteiger partial charge in [0, 0.05) is 12.8 Å². The lowest BCUT2D eigenvalue weighted by molar-refractivity contribution is -0.870. The second-order valence-corrected chi connectivity index (χ2v) is 19.8. The Morgan fingerprint density at radius 2 is 0.803 bits per heavy atom. The highest BCUT2D eigenvalue weighted by Crippen LogP contribution is 2.14. The van der Waals surface area contributed by atoms with E-state index in [-0.39, 0.29) is 38.6 Å². The number of carboxylic acid groups (broad SMARTS) is 1. The van der Waals surface area contributed by atoms with Crippen LogP contribution in [0.15, 0.2) is 97.2 Å². The molecule has 406 valence electrons. The van der Waals surface area contributed by atoms with Gasteiger partial charge in [0.2, 0.25) is 0 Å². The maximum absolute atomic E-state index is 12.9. The molecular weight excluding hydrogens is 887 g/mol. The van der Waals surface area contributed by atoms with Crippen LogP contribution in [0.3, 0.4) is 0 Å². The van der Waals surface area contributed by atoms with Crippen molar-refractivity contribution in [3.05, 3.63) is 97.2 Å². The highest BCUT2D eigenvalue weighted by atomic mass is 16.7. The molecule has 71 heavy (non-hydrogen) atoms. The van der Waals surface area contributed by atoms with E-state index in [0.717, 1.165) is 96.3 Å². The Kier molecular flexibility index (Phi) is 49.7. The van der Waals surface area contributed by atoms with Crippen LogP contribution in [-0.4, -0.2) is 82.3 Å². The minimum Gasteiger partial charge on any atom is -0.545 e. The van der Waals surface area contributed by atoms with E-state index in [4.69, 9.17) is 18.9 Å². The average molecular weight is 993 g/mol. The van der Waals surface area contributed by atoms with Gasteiger partial charge in [-0.25, -0.2) is 0 Å². The van der Waals surface area contributed by atoms with Crippen LogP contribution in [0.4, 0.5) is 0 Å². The van der Waals surface area contributed by atoms with Crippen LogP contribution in [0.5, 0.6) is 0 Å². The van der Waals surface area contributed by atoms with Gasteiger partial charge in [0.1, 0.15) is 13.2 Å². The highest BCUT2D eigenvalue weighted by Gasteiger charge is 2.22. The molecule has 0 aromatic carbocycles. The molecule has 0 aromatic heterocycles. The van der Waals surface area contributed by atoms with Crippen molar-refractivity contribution in [2.45, 2.75) is 232 Å². The van der Waals surface area contributed by atoms with Gasteiger partial charge in [-0.2, -0.15) is 0 Å². The first-order chi connectivity index (χ1) is 34.6. The van der Waals surface area contributed by atoms with Crippen molar-refractivity contribution in [1.82, 2.24) is 0 Å². The van der Waals surface area contributed by atoms with Gasteiger partial charge in [-0.1, -0.05) is 207 Å². The fourth-order valence-electron chi connectivity index (χ4n) is 7.45. The summed E-state index contributed by atoms with van der Waals surface area (Å²) in [5.74, 6) is -2.32. The number of hydrogen-bond donors (Lipinski definition) is 0. The van der Waals surface area contributed by atoms with Crippen LogP contribution in [0.2, 0.25) is 0 Å². The van der Waals surface area contributed by atoms with Gasteiger partial charge in [-0.05, 0) is 96.3 Å². The van der Waals surface area contributed by atoms with Gasteiger partial charge in [-0.15, -0.1) is 0 Å². The van der Waals surface area contributed by atoms with E-state index in [1.165, 1.54) is 89.9 Å². The lowest BCUT2D eigenvalue weighted by atomic mass is 10.1. The zero-order valence-corrected chi connectivity index (χ0v) is 46.1. The van der Waals surface area contributed by atoms with Crippen LogP contribution in [-0.2, 0) is 33.3 Å². The fraction of sp³-hybridized carbons (Fsp3) is 0.694. The molecule has 0 saturated heterocycles. The SMILES string of the molecule is CC/C=C\C/C=C\C/C=C\C/C=C\C/C=C\C/C=C\C/C=C\CCCCCCCC(=O)OC(COC(=O)CCCCCCCCCCC/C=C\CCCCCCCC)COC(OCC[N+](C)(C)C)C(=O)[O-]. The van der Waals surface area contributed by atoms with E-state index in [1.807, 2.05) is 21.1 Å². The normalized spacial score (nSPS) is 13.5. The number of allylic oxidation sites excluding steroid dienone is 16. The Bertz CT molecular complexity index is 1480. The van der Waals surface area contributed by atoms with Crippen molar-refractivity contribution in [3.63, 3.8) is 0 Å². The molecule has 2 unspecified atom stereocenters. The summed E-state index contributed by atoms with van der Waals surface area (Å²) in [4.78, 5) is 37.3. The third-order valence-corrected chi connectivity index (χ3v) is 11.8. The van der Waals surface area contributed by atoms with Gasteiger partial charge >= 0.3 is 11.9 Å². The highest BCUT2D eigenvalue weighted by molar-refractivity contribution is 5.70. The molecule has 0 rings (SSSR count). The number of nitrogens with zero attached hydrogens (tertiary/aromatic N) is 1. The molecule has 0 radical (unpaired) electrons. The molecule has 0 fully saturated rings. The van der Waals surface area contributed by atoms with Crippen molar-refractivity contribution >= 4 is 17.9 Å². The number of esters is 2. The van der Waals surface area contributed by atoms with Gasteiger partial charge in [0.25, 0.3) is 0 Å². The molecule has 0 bridgehead atoms. The number of carbonyl (C=O) groups is 3. The molecule has 0 spiro atoms. The summed E-state index contributed by atoms with van der Waals surface area (Å²) in [6, 6.07) is 0. The summed E-state index contributed by atoms with van der Waals surface area (Å²) < 4.78 is 22.7. The third-order valence-electron chi connectivity index (χ3n) is 11.8. The van der Waals surface area contributed by atoms with Crippen LogP contribution >= 0.6 is 0 Å². The fourth-order valence-corrected chi connectivity index (χ4v) is 7.45. The van der Waals surface area contributed by atoms with Gasteiger partial charge < -0.3 is 33.3 Å². The van der Waals surface area contributed by atoms with Gasteiger partial charge in [0.05, 0.1) is 40.3 Å². The monoisotopic (exact) mass is 992 g/mol. The molecule has 9 heteroatoms. The summed E-state index contributed by atoms with van der Waals surface area (Å²) in [5.41, 5.74) is 0. The van der Waals surface area contributed by atoms with Crippen molar-refractivity contribution in [2.24, 2.45) is 0 Å². The number of ether oxygens (including phenoxy) is 4. The number of rotatable bonds is 51. The molecule has 0 amide bonds. The van der Waals surface area contributed by atoms with E-state index >= 15 is 0 Å². The van der Waals surface area contributed by atoms with Crippen molar-refractivity contribution in [2.75, 3.05) is 47.5 Å². The van der Waals surface area contributed by atoms with Crippen molar-refractivity contribution in [1.29, 1.82) is 0 Å². The maximum atomic E-state index is 12.9. The molecule has 0 aromatic rings.